The van der Waals surface area contributed by atoms with Crippen molar-refractivity contribution in [3.8, 4) is 33.9 Å². The smallest absolute Gasteiger partial charge is 0.455 e. The molecule has 4 nitrogen and oxygen atoms in total. The first-order chi connectivity index (χ1) is 14.9. The summed E-state index contributed by atoms with van der Waals surface area (Å²) in [6.07, 6.45) is -5.07. The zero-order chi connectivity index (χ0) is 22.2. The standard InChI is InChI=1S/C24H18F3NO3/c1-30-16-13-17(31-2)20(23(29)24(25,26)27)22-19(16)18(14-9-5-3-6-10-14)21(28-22)15-11-7-4-8-12-15/h3-13,28H,1-2H3. The average Bonchev–Trinajstić information content (AvgIpc) is 3.18. The van der Waals surface area contributed by atoms with Gasteiger partial charge in [0, 0.05) is 11.6 Å². The number of H-pyrrole nitrogens is 1. The summed E-state index contributed by atoms with van der Waals surface area (Å²) >= 11 is 0. The Labute approximate surface area is 176 Å². The Bertz CT molecular complexity index is 1250. The normalized spacial score (nSPS) is 11.5. The lowest BCUT2D eigenvalue weighted by Gasteiger charge is -2.14. The van der Waals surface area contributed by atoms with Crippen molar-refractivity contribution >= 4 is 16.7 Å². The van der Waals surface area contributed by atoms with Crippen LogP contribution in [-0.2, 0) is 0 Å². The first-order valence-electron chi connectivity index (χ1n) is 9.39. The molecule has 7 heteroatoms. The number of halogens is 3. The second-order valence-corrected chi connectivity index (χ2v) is 6.84. The number of hydrogen-bond acceptors (Lipinski definition) is 3. The fourth-order valence-electron chi connectivity index (χ4n) is 3.72. The Hall–Kier alpha value is -3.74. The number of Topliss-reactive ketones (excluding diaryl/α,β-unsaturated/α-hetero) is 1. The number of fused-ring (bicyclic) bond motifs is 1. The monoisotopic (exact) mass is 425 g/mol. The summed E-state index contributed by atoms with van der Waals surface area (Å²) < 4.78 is 51.1. The van der Waals surface area contributed by atoms with E-state index in [9.17, 15) is 18.0 Å². The van der Waals surface area contributed by atoms with Crippen LogP contribution in [0.2, 0.25) is 0 Å². The molecular weight excluding hydrogens is 407 g/mol. The summed E-state index contributed by atoms with van der Waals surface area (Å²) in [6, 6.07) is 19.7. The van der Waals surface area contributed by atoms with Gasteiger partial charge in [-0.2, -0.15) is 13.2 Å². The van der Waals surface area contributed by atoms with Crippen LogP contribution in [0.1, 0.15) is 10.4 Å². The third-order valence-electron chi connectivity index (χ3n) is 5.05. The number of aromatic amines is 1. The Balaban J connectivity index is 2.20. The zero-order valence-electron chi connectivity index (χ0n) is 16.7. The maximum Gasteiger partial charge on any atom is 0.455 e. The lowest BCUT2D eigenvalue weighted by Crippen LogP contribution is -2.23. The molecule has 158 valence electrons. The minimum Gasteiger partial charge on any atom is -0.496 e. The number of rotatable bonds is 5. The zero-order valence-corrected chi connectivity index (χ0v) is 16.7. The summed E-state index contributed by atoms with van der Waals surface area (Å²) in [6.45, 7) is 0. The molecule has 0 fully saturated rings. The van der Waals surface area contributed by atoms with Gasteiger partial charge in [0.1, 0.15) is 11.5 Å². The molecule has 0 bridgehead atoms. The van der Waals surface area contributed by atoms with E-state index in [0.29, 0.717) is 22.4 Å². The highest BCUT2D eigenvalue weighted by atomic mass is 19.4. The molecule has 4 aromatic rings. The van der Waals surface area contributed by atoms with Gasteiger partial charge in [-0.3, -0.25) is 4.79 Å². The van der Waals surface area contributed by atoms with Crippen molar-refractivity contribution in [3.05, 3.63) is 72.3 Å². The topological polar surface area (TPSA) is 51.3 Å². The third-order valence-corrected chi connectivity index (χ3v) is 5.05. The SMILES string of the molecule is COc1cc(OC)c2c(-c3ccccc3)c(-c3ccccc3)[nH]c2c1C(=O)C(F)(F)F. The van der Waals surface area contributed by atoms with Crippen molar-refractivity contribution < 1.29 is 27.4 Å². The van der Waals surface area contributed by atoms with Gasteiger partial charge in [0.15, 0.2) is 0 Å². The fourth-order valence-corrected chi connectivity index (χ4v) is 3.72. The molecule has 0 aliphatic rings. The summed E-state index contributed by atoms with van der Waals surface area (Å²) in [7, 11) is 2.64. The van der Waals surface area contributed by atoms with E-state index in [0.717, 1.165) is 11.1 Å². The van der Waals surface area contributed by atoms with Crippen LogP contribution in [0.5, 0.6) is 11.5 Å². The summed E-state index contributed by atoms with van der Waals surface area (Å²) in [5.41, 5.74) is 2.16. The fraction of sp³-hybridized carbons (Fsp3) is 0.125. The molecule has 0 aliphatic heterocycles. The van der Waals surface area contributed by atoms with Crippen LogP contribution in [-0.4, -0.2) is 31.2 Å². The van der Waals surface area contributed by atoms with E-state index in [1.165, 1.54) is 20.3 Å². The van der Waals surface area contributed by atoms with Crippen molar-refractivity contribution in [2.45, 2.75) is 6.18 Å². The molecule has 0 saturated carbocycles. The van der Waals surface area contributed by atoms with Crippen molar-refractivity contribution in [1.29, 1.82) is 0 Å². The largest absolute Gasteiger partial charge is 0.496 e. The molecule has 31 heavy (non-hydrogen) atoms. The van der Waals surface area contributed by atoms with E-state index in [1.54, 1.807) is 0 Å². The van der Waals surface area contributed by atoms with Gasteiger partial charge in [0.2, 0.25) is 0 Å². The van der Waals surface area contributed by atoms with E-state index < -0.39 is 17.5 Å². The molecule has 1 N–H and O–H groups in total. The van der Waals surface area contributed by atoms with Crippen LogP contribution in [0, 0.1) is 0 Å². The van der Waals surface area contributed by atoms with E-state index in [-0.39, 0.29) is 11.3 Å². The quantitative estimate of drug-likeness (QED) is 0.384. The van der Waals surface area contributed by atoms with Crippen LogP contribution in [0.15, 0.2) is 66.7 Å². The first-order valence-corrected chi connectivity index (χ1v) is 9.39. The van der Waals surface area contributed by atoms with Crippen LogP contribution in [0.3, 0.4) is 0 Å². The van der Waals surface area contributed by atoms with E-state index >= 15 is 0 Å². The average molecular weight is 425 g/mol. The van der Waals surface area contributed by atoms with Crippen LogP contribution in [0.25, 0.3) is 33.3 Å². The van der Waals surface area contributed by atoms with Gasteiger partial charge in [0.05, 0.1) is 36.4 Å². The number of nitrogens with one attached hydrogen (secondary N) is 1. The van der Waals surface area contributed by atoms with Gasteiger partial charge in [-0.25, -0.2) is 0 Å². The molecular formula is C24H18F3NO3. The predicted molar refractivity (Wildman–Crippen MR) is 113 cm³/mol. The van der Waals surface area contributed by atoms with Gasteiger partial charge in [0.25, 0.3) is 5.78 Å². The molecule has 0 radical (unpaired) electrons. The van der Waals surface area contributed by atoms with Crippen LogP contribution >= 0.6 is 0 Å². The van der Waals surface area contributed by atoms with Gasteiger partial charge >= 0.3 is 6.18 Å². The first kappa shape index (κ1) is 20.5. The second kappa shape index (κ2) is 7.83. The Morgan fingerprint density at radius 1 is 0.839 bits per heavy atom. The number of aromatic nitrogens is 1. The number of hydrogen-bond donors (Lipinski definition) is 1. The highest BCUT2D eigenvalue weighted by Gasteiger charge is 2.43. The Kier molecular flexibility index (Phi) is 5.19. The summed E-state index contributed by atoms with van der Waals surface area (Å²) in [5.74, 6) is -1.91. The van der Waals surface area contributed by atoms with E-state index in [4.69, 9.17) is 9.47 Å². The number of methoxy groups -OCH3 is 2. The van der Waals surface area contributed by atoms with E-state index in [2.05, 4.69) is 4.98 Å². The molecule has 1 heterocycles. The van der Waals surface area contributed by atoms with Gasteiger partial charge in [-0.15, -0.1) is 0 Å². The minimum absolute atomic E-state index is 0.0104. The number of carbonyl (C=O) groups is 1. The molecule has 0 amide bonds. The number of benzene rings is 3. The Morgan fingerprint density at radius 2 is 1.39 bits per heavy atom. The number of ketones is 1. The second-order valence-electron chi connectivity index (χ2n) is 6.84. The predicted octanol–water partition coefficient (Wildman–Crippen LogP) is 6.26. The van der Waals surface area contributed by atoms with Crippen LogP contribution < -0.4 is 9.47 Å². The third kappa shape index (κ3) is 3.52. The van der Waals surface area contributed by atoms with Gasteiger partial charge < -0.3 is 14.5 Å². The number of ether oxygens (including phenoxy) is 2. The van der Waals surface area contributed by atoms with Crippen molar-refractivity contribution in [3.63, 3.8) is 0 Å². The molecule has 0 spiro atoms. The van der Waals surface area contributed by atoms with Crippen LogP contribution in [0.4, 0.5) is 13.2 Å². The van der Waals surface area contributed by atoms with Gasteiger partial charge in [-0.05, 0) is 11.1 Å². The molecule has 0 aliphatic carbocycles. The molecule has 0 unspecified atom stereocenters. The number of alkyl halides is 3. The molecule has 0 saturated heterocycles. The molecule has 4 rings (SSSR count). The highest BCUT2D eigenvalue weighted by Crippen LogP contribution is 2.47. The highest BCUT2D eigenvalue weighted by molar-refractivity contribution is 6.18. The number of carbonyl (C=O) groups excluding carboxylic acids is 1. The van der Waals surface area contributed by atoms with Gasteiger partial charge in [-0.1, -0.05) is 60.7 Å². The molecule has 0 atom stereocenters. The molecule has 1 aromatic heterocycles. The van der Waals surface area contributed by atoms with Crippen molar-refractivity contribution in [2.75, 3.05) is 14.2 Å². The van der Waals surface area contributed by atoms with Crippen molar-refractivity contribution in [2.24, 2.45) is 0 Å². The van der Waals surface area contributed by atoms with Crippen molar-refractivity contribution in [1.82, 2.24) is 4.98 Å². The molecule has 3 aromatic carbocycles. The van der Waals surface area contributed by atoms with E-state index in [1.807, 2.05) is 60.7 Å². The summed E-state index contributed by atoms with van der Waals surface area (Å²) in [4.78, 5) is 15.5. The summed E-state index contributed by atoms with van der Waals surface area (Å²) in [5, 5.41) is 0.376. The maximum atomic E-state index is 13.5. The lowest BCUT2D eigenvalue weighted by molar-refractivity contribution is -0.0885. The maximum absolute atomic E-state index is 13.5. The lowest BCUT2D eigenvalue weighted by atomic mass is 9.96. The Morgan fingerprint density at radius 3 is 1.90 bits per heavy atom. The minimum atomic E-state index is -5.07.